The molecule has 5 heteroatoms. The van der Waals surface area contributed by atoms with E-state index in [4.69, 9.17) is 18.9 Å². The van der Waals surface area contributed by atoms with Crippen LogP contribution in [0.1, 0.15) is 27.7 Å². The van der Waals surface area contributed by atoms with Crippen molar-refractivity contribution in [3.05, 3.63) is 12.7 Å². The van der Waals surface area contributed by atoms with Crippen LogP contribution < -0.4 is 0 Å². The largest absolute Gasteiger partial charge is 0.388 e. The van der Waals surface area contributed by atoms with E-state index in [-0.39, 0.29) is 18.8 Å². The van der Waals surface area contributed by atoms with Crippen LogP contribution in [0.2, 0.25) is 0 Å². The van der Waals surface area contributed by atoms with Gasteiger partial charge in [-0.25, -0.2) is 0 Å². The van der Waals surface area contributed by atoms with Gasteiger partial charge in [-0.2, -0.15) is 0 Å². The normalized spacial score (nSPS) is 42.7. The van der Waals surface area contributed by atoms with E-state index in [0.29, 0.717) is 0 Å². The molecule has 0 aromatic carbocycles. The topological polar surface area (TPSA) is 57.2 Å². The van der Waals surface area contributed by atoms with Gasteiger partial charge in [0.1, 0.15) is 24.4 Å². The van der Waals surface area contributed by atoms with Gasteiger partial charge in [0.25, 0.3) is 0 Å². The molecule has 0 amide bonds. The SMILES string of the molecule is C=CC1OC(C)(C)OC1[C@@H]1OC(C)(C)OCC1O. The molecule has 4 atom stereocenters. The Balaban J connectivity index is 2.16. The fourth-order valence-corrected chi connectivity index (χ4v) is 2.36. The standard InChI is InChI=1S/C13H22O5/c1-6-9-11(18-13(4,5)16-9)10-8(14)7-15-12(2,3)17-10/h6,8-11,14H,1,7H2,2-5H3/t8?,9?,10-,11?/m1/s1. The fraction of sp³-hybridized carbons (Fsp3) is 0.846. The van der Waals surface area contributed by atoms with Crippen molar-refractivity contribution < 1.29 is 24.1 Å². The van der Waals surface area contributed by atoms with Gasteiger partial charge in [0, 0.05) is 0 Å². The summed E-state index contributed by atoms with van der Waals surface area (Å²) in [7, 11) is 0. The first-order valence-electron chi connectivity index (χ1n) is 6.22. The molecule has 0 spiro atoms. The third-order valence-corrected chi connectivity index (χ3v) is 3.12. The quantitative estimate of drug-likeness (QED) is 0.754. The monoisotopic (exact) mass is 258 g/mol. The molecule has 2 fully saturated rings. The minimum Gasteiger partial charge on any atom is -0.388 e. The molecule has 2 heterocycles. The lowest BCUT2D eigenvalue weighted by atomic mass is 10.0. The summed E-state index contributed by atoms with van der Waals surface area (Å²) in [6.07, 6.45) is -0.219. The highest BCUT2D eigenvalue weighted by Gasteiger charge is 2.50. The molecule has 0 bridgehead atoms. The van der Waals surface area contributed by atoms with Crippen molar-refractivity contribution in [1.29, 1.82) is 0 Å². The number of aliphatic hydroxyl groups excluding tert-OH is 1. The van der Waals surface area contributed by atoms with Gasteiger partial charge in [0.15, 0.2) is 11.6 Å². The second-order valence-corrected chi connectivity index (χ2v) is 5.66. The molecular formula is C13H22O5. The average molecular weight is 258 g/mol. The van der Waals surface area contributed by atoms with Crippen molar-refractivity contribution in [3.63, 3.8) is 0 Å². The summed E-state index contributed by atoms with van der Waals surface area (Å²) in [6.45, 7) is 11.3. The fourth-order valence-electron chi connectivity index (χ4n) is 2.36. The van der Waals surface area contributed by atoms with E-state index < -0.39 is 23.8 Å². The van der Waals surface area contributed by atoms with Crippen LogP contribution in [-0.2, 0) is 18.9 Å². The predicted molar refractivity (Wildman–Crippen MR) is 64.9 cm³/mol. The van der Waals surface area contributed by atoms with Gasteiger partial charge in [-0.05, 0) is 27.7 Å². The van der Waals surface area contributed by atoms with Crippen molar-refractivity contribution >= 4 is 0 Å². The molecule has 1 N–H and O–H groups in total. The van der Waals surface area contributed by atoms with Crippen LogP contribution in [0, 0.1) is 0 Å². The van der Waals surface area contributed by atoms with Crippen LogP contribution in [0.4, 0.5) is 0 Å². The maximum atomic E-state index is 10.0. The van der Waals surface area contributed by atoms with Crippen molar-refractivity contribution in [3.8, 4) is 0 Å². The van der Waals surface area contributed by atoms with Gasteiger partial charge < -0.3 is 24.1 Å². The highest BCUT2D eigenvalue weighted by atomic mass is 16.8. The zero-order chi connectivity index (χ0) is 13.6. The minimum absolute atomic E-state index is 0.224. The minimum atomic E-state index is -0.733. The molecule has 0 aliphatic carbocycles. The van der Waals surface area contributed by atoms with Gasteiger partial charge in [-0.1, -0.05) is 6.08 Å². The van der Waals surface area contributed by atoms with E-state index >= 15 is 0 Å². The average Bonchev–Trinajstić information content (AvgIpc) is 2.57. The van der Waals surface area contributed by atoms with Crippen LogP contribution >= 0.6 is 0 Å². The molecule has 0 radical (unpaired) electrons. The van der Waals surface area contributed by atoms with Gasteiger partial charge in [0.05, 0.1) is 6.61 Å². The Morgan fingerprint density at radius 1 is 1.06 bits per heavy atom. The van der Waals surface area contributed by atoms with Crippen LogP contribution in [0.25, 0.3) is 0 Å². The summed E-state index contributed by atoms with van der Waals surface area (Å²) < 4.78 is 22.7. The van der Waals surface area contributed by atoms with Gasteiger partial charge in [-0.15, -0.1) is 6.58 Å². The Hall–Kier alpha value is -0.460. The molecule has 3 unspecified atom stereocenters. The number of hydrogen-bond donors (Lipinski definition) is 1. The van der Waals surface area contributed by atoms with Crippen LogP contribution in [0.5, 0.6) is 0 Å². The molecule has 5 nitrogen and oxygen atoms in total. The summed E-state index contributed by atoms with van der Waals surface area (Å²) in [6, 6.07) is 0. The first kappa shape index (κ1) is 14.0. The molecule has 2 aliphatic heterocycles. The Morgan fingerprint density at radius 3 is 2.28 bits per heavy atom. The lowest BCUT2D eigenvalue weighted by Crippen LogP contribution is -2.55. The number of hydrogen-bond acceptors (Lipinski definition) is 5. The molecule has 0 aromatic heterocycles. The molecule has 2 saturated heterocycles. The van der Waals surface area contributed by atoms with Gasteiger partial charge >= 0.3 is 0 Å². The molecule has 2 aliphatic rings. The molecule has 2 rings (SSSR count). The second-order valence-electron chi connectivity index (χ2n) is 5.66. The van der Waals surface area contributed by atoms with E-state index in [1.807, 2.05) is 27.7 Å². The smallest absolute Gasteiger partial charge is 0.164 e. The lowest BCUT2D eigenvalue weighted by molar-refractivity contribution is -0.322. The van der Waals surface area contributed by atoms with E-state index in [1.54, 1.807) is 6.08 Å². The Bertz CT molecular complexity index is 325. The first-order valence-corrected chi connectivity index (χ1v) is 6.22. The van der Waals surface area contributed by atoms with E-state index in [0.717, 1.165) is 0 Å². The highest BCUT2D eigenvalue weighted by molar-refractivity contribution is 4.99. The Morgan fingerprint density at radius 2 is 1.67 bits per heavy atom. The van der Waals surface area contributed by atoms with Crippen LogP contribution in [0.3, 0.4) is 0 Å². The number of ether oxygens (including phenoxy) is 4. The second kappa shape index (κ2) is 4.58. The summed E-state index contributed by atoms with van der Waals surface area (Å²) in [4.78, 5) is 0. The zero-order valence-electron chi connectivity index (χ0n) is 11.4. The molecule has 18 heavy (non-hydrogen) atoms. The maximum absolute atomic E-state index is 10.0. The van der Waals surface area contributed by atoms with Crippen molar-refractivity contribution in [2.24, 2.45) is 0 Å². The van der Waals surface area contributed by atoms with Crippen molar-refractivity contribution in [1.82, 2.24) is 0 Å². The van der Waals surface area contributed by atoms with Crippen molar-refractivity contribution in [2.75, 3.05) is 6.61 Å². The van der Waals surface area contributed by atoms with E-state index in [2.05, 4.69) is 6.58 Å². The Labute approximate surface area is 108 Å². The molecule has 0 saturated carbocycles. The summed E-state index contributed by atoms with van der Waals surface area (Å²) in [5.74, 6) is -1.43. The third-order valence-electron chi connectivity index (χ3n) is 3.12. The third kappa shape index (κ3) is 2.75. The highest BCUT2D eigenvalue weighted by Crippen LogP contribution is 2.35. The van der Waals surface area contributed by atoms with Crippen LogP contribution in [0.15, 0.2) is 12.7 Å². The van der Waals surface area contributed by atoms with Gasteiger partial charge in [0.2, 0.25) is 0 Å². The summed E-state index contributed by atoms with van der Waals surface area (Å²) in [5.41, 5.74) is 0. The predicted octanol–water partition coefficient (Wildman–Crippen LogP) is 1.20. The number of aliphatic hydroxyl groups is 1. The van der Waals surface area contributed by atoms with Gasteiger partial charge in [-0.3, -0.25) is 0 Å². The van der Waals surface area contributed by atoms with Crippen molar-refractivity contribution in [2.45, 2.75) is 63.7 Å². The Kier molecular flexibility index (Phi) is 3.55. The zero-order valence-corrected chi connectivity index (χ0v) is 11.4. The van der Waals surface area contributed by atoms with E-state index in [9.17, 15) is 5.11 Å². The first-order chi connectivity index (χ1) is 8.24. The maximum Gasteiger partial charge on any atom is 0.164 e. The van der Waals surface area contributed by atoms with E-state index in [1.165, 1.54) is 0 Å². The summed E-state index contributed by atoms with van der Waals surface area (Å²) >= 11 is 0. The van der Waals surface area contributed by atoms with Crippen LogP contribution in [-0.4, -0.2) is 47.7 Å². The molecular weight excluding hydrogens is 236 g/mol. The molecule has 0 aromatic rings. The lowest BCUT2D eigenvalue weighted by Gasteiger charge is -2.41. The summed E-state index contributed by atoms with van der Waals surface area (Å²) in [5, 5.41) is 10.0. The number of rotatable bonds is 2. The molecule has 104 valence electrons.